The Morgan fingerprint density at radius 1 is 1.08 bits per heavy atom. The fourth-order valence-corrected chi connectivity index (χ4v) is 6.25. The van der Waals surface area contributed by atoms with Crippen LogP contribution in [0.5, 0.6) is 5.75 Å². The van der Waals surface area contributed by atoms with Crippen LogP contribution in [-0.4, -0.2) is 35.2 Å². The molecule has 1 heterocycles. The van der Waals surface area contributed by atoms with Gasteiger partial charge in [0.15, 0.2) is 0 Å². The van der Waals surface area contributed by atoms with Crippen molar-refractivity contribution in [2.45, 2.75) is 90.0 Å². The monoisotopic (exact) mass is 505 g/mol. The van der Waals surface area contributed by atoms with Gasteiger partial charge < -0.3 is 9.84 Å². The standard InChI is InChI=1S/C29H38F3NO3/c1-3-19-7-12-23(13-8-19)36-26-14-11-21-9-10-22(17-24(21)28(26)29(30,31)32)25(4-2)33-15-5-6-20(18-33)16-27(34)35/h9-11,14,17,19-20,23,25H,3-8,12-13,15-16,18H2,1-2H3,(H,34,35)/t19?,20-,23?,25?/m1/s1. The van der Waals surface area contributed by atoms with Crippen LogP contribution in [0.25, 0.3) is 10.8 Å². The van der Waals surface area contributed by atoms with E-state index in [2.05, 4.69) is 11.8 Å². The minimum Gasteiger partial charge on any atom is -0.490 e. The van der Waals surface area contributed by atoms with E-state index in [0.29, 0.717) is 17.8 Å². The van der Waals surface area contributed by atoms with Gasteiger partial charge in [-0.25, -0.2) is 0 Å². The highest BCUT2D eigenvalue weighted by Crippen LogP contribution is 2.44. The molecule has 2 fully saturated rings. The molecule has 1 saturated carbocycles. The molecule has 198 valence electrons. The number of fused-ring (bicyclic) bond motifs is 1. The molecule has 2 aromatic carbocycles. The molecule has 1 unspecified atom stereocenters. The topological polar surface area (TPSA) is 49.8 Å². The first-order chi connectivity index (χ1) is 17.2. The van der Waals surface area contributed by atoms with Crippen molar-refractivity contribution in [1.82, 2.24) is 4.90 Å². The number of nitrogens with zero attached hydrogens (tertiary/aromatic N) is 1. The van der Waals surface area contributed by atoms with E-state index in [9.17, 15) is 23.1 Å². The third-order valence-electron chi connectivity index (χ3n) is 8.18. The molecule has 0 amide bonds. The number of piperidine rings is 1. The van der Waals surface area contributed by atoms with Gasteiger partial charge in [-0.05, 0) is 91.8 Å². The number of likely N-dealkylation sites (tertiary alicyclic amines) is 1. The fourth-order valence-electron chi connectivity index (χ4n) is 6.25. The van der Waals surface area contributed by atoms with Crippen molar-refractivity contribution in [3.8, 4) is 5.75 Å². The smallest absolute Gasteiger partial charge is 0.420 e. The number of hydrogen-bond acceptors (Lipinski definition) is 3. The van der Waals surface area contributed by atoms with Gasteiger partial charge in [0.2, 0.25) is 0 Å². The molecule has 0 aromatic heterocycles. The summed E-state index contributed by atoms with van der Waals surface area (Å²) in [6.07, 6.45) is 2.60. The first-order valence-corrected chi connectivity index (χ1v) is 13.5. The predicted octanol–water partition coefficient (Wildman–Crippen LogP) is 7.84. The van der Waals surface area contributed by atoms with Gasteiger partial charge >= 0.3 is 12.1 Å². The third-order valence-corrected chi connectivity index (χ3v) is 8.18. The normalized spacial score (nSPS) is 24.5. The summed E-state index contributed by atoms with van der Waals surface area (Å²) in [4.78, 5) is 13.5. The summed E-state index contributed by atoms with van der Waals surface area (Å²) in [5.41, 5.74) is 0.156. The predicted molar refractivity (Wildman–Crippen MR) is 135 cm³/mol. The number of ether oxygens (including phenoxy) is 1. The maximum absolute atomic E-state index is 14.4. The molecule has 0 radical (unpaired) electrons. The Bertz CT molecular complexity index is 1050. The molecule has 1 saturated heterocycles. The highest BCUT2D eigenvalue weighted by molar-refractivity contribution is 5.89. The van der Waals surface area contributed by atoms with Crippen LogP contribution in [0, 0.1) is 11.8 Å². The molecule has 36 heavy (non-hydrogen) atoms. The van der Waals surface area contributed by atoms with E-state index in [1.165, 1.54) is 6.07 Å². The maximum Gasteiger partial charge on any atom is 0.420 e. The summed E-state index contributed by atoms with van der Waals surface area (Å²) in [5, 5.41) is 9.95. The summed E-state index contributed by atoms with van der Waals surface area (Å²) in [6.45, 7) is 5.67. The number of carbonyl (C=O) groups is 1. The molecule has 1 aliphatic heterocycles. The van der Waals surface area contributed by atoms with Crippen LogP contribution < -0.4 is 4.74 Å². The minimum atomic E-state index is -4.53. The lowest BCUT2D eigenvalue weighted by molar-refractivity contribution is -0.139. The average molecular weight is 506 g/mol. The summed E-state index contributed by atoms with van der Waals surface area (Å²) < 4.78 is 49.4. The Labute approximate surface area is 211 Å². The van der Waals surface area contributed by atoms with Crippen LogP contribution in [0.3, 0.4) is 0 Å². The molecule has 1 N–H and O–H groups in total. The van der Waals surface area contributed by atoms with E-state index in [1.54, 1.807) is 18.2 Å². The number of benzene rings is 2. The zero-order valence-corrected chi connectivity index (χ0v) is 21.3. The Hall–Kier alpha value is -2.28. The van der Waals surface area contributed by atoms with Crippen molar-refractivity contribution in [3.63, 3.8) is 0 Å². The van der Waals surface area contributed by atoms with Gasteiger partial charge in [-0.2, -0.15) is 13.2 Å². The number of halogens is 3. The molecule has 7 heteroatoms. The van der Waals surface area contributed by atoms with Crippen LogP contribution in [0.15, 0.2) is 30.3 Å². The van der Waals surface area contributed by atoms with Crippen molar-refractivity contribution in [3.05, 3.63) is 41.5 Å². The molecular weight excluding hydrogens is 467 g/mol. The zero-order chi connectivity index (χ0) is 25.9. The second kappa shape index (κ2) is 11.4. The molecule has 0 spiro atoms. The van der Waals surface area contributed by atoms with Crippen LogP contribution in [0.4, 0.5) is 13.2 Å². The lowest BCUT2D eigenvalue weighted by Crippen LogP contribution is -2.38. The van der Waals surface area contributed by atoms with Gasteiger partial charge in [0.1, 0.15) is 11.3 Å². The number of alkyl halides is 3. The van der Waals surface area contributed by atoms with Crippen molar-refractivity contribution in [1.29, 1.82) is 0 Å². The van der Waals surface area contributed by atoms with Gasteiger partial charge in [0, 0.05) is 19.0 Å². The van der Waals surface area contributed by atoms with Gasteiger partial charge in [-0.15, -0.1) is 0 Å². The molecule has 1 aliphatic carbocycles. The average Bonchev–Trinajstić information content (AvgIpc) is 2.84. The van der Waals surface area contributed by atoms with E-state index < -0.39 is 17.7 Å². The highest BCUT2D eigenvalue weighted by atomic mass is 19.4. The molecule has 2 atom stereocenters. The Balaban J connectivity index is 1.65. The SMILES string of the molecule is CCC1CCC(Oc2ccc3ccc(C(CC)N4CCC[C@H](CC(=O)O)C4)cc3c2C(F)(F)F)CC1. The van der Waals surface area contributed by atoms with E-state index in [1.807, 2.05) is 13.0 Å². The second-order valence-electron chi connectivity index (χ2n) is 10.6. The third kappa shape index (κ3) is 6.16. The molecule has 2 aliphatic rings. The van der Waals surface area contributed by atoms with Crippen molar-refractivity contribution >= 4 is 16.7 Å². The zero-order valence-electron chi connectivity index (χ0n) is 21.3. The van der Waals surface area contributed by atoms with Crippen molar-refractivity contribution in [2.24, 2.45) is 11.8 Å². The van der Waals surface area contributed by atoms with Gasteiger partial charge in [-0.1, -0.05) is 38.5 Å². The number of carboxylic acids is 1. The van der Waals surface area contributed by atoms with Crippen LogP contribution in [0.2, 0.25) is 0 Å². The maximum atomic E-state index is 14.4. The van der Waals surface area contributed by atoms with Gasteiger partial charge in [0.25, 0.3) is 0 Å². The van der Waals surface area contributed by atoms with E-state index in [-0.39, 0.29) is 35.6 Å². The van der Waals surface area contributed by atoms with Crippen LogP contribution in [0.1, 0.15) is 88.8 Å². The van der Waals surface area contributed by atoms with E-state index in [0.717, 1.165) is 63.5 Å². The Morgan fingerprint density at radius 3 is 2.44 bits per heavy atom. The number of hydrogen-bond donors (Lipinski definition) is 1. The summed E-state index contributed by atoms with van der Waals surface area (Å²) in [7, 11) is 0. The molecular formula is C29H38F3NO3. The van der Waals surface area contributed by atoms with E-state index in [4.69, 9.17) is 4.74 Å². The Kier molecular flexibility index (Phi) is 8.48. The molecule has 2 aromatic rings. The summed E-state index contributed by atoms with van der Waals surface area (Å²) >= 11 is 0. The largest absolute Gasteiger partial charge is 0.490 e. The first kappa shape index (κ1) is 26.8. The molecule has 4 nitrogen and oxygen atoms in total. The number of aliphatic carboxylic acids is 1. The van der Waals surface area contributed by atoms with Crippen LogP contribution in [-0.2, 0) is 11.0 Å². The van der Waals surface area contributed by atoms with Crippen LogP contribution >= 0.6 is 0 Å². The number of rotatable bonds is 8. The lowest BCUT2D eigenvalue weighted by atomic mass is 9.86. The molecule has 0 bridgehead atoms. The van der Waals surface area contributed by atoms with Crippen molar-refractivity contribution < 1.29 is 27.8 Å². The van der Waals surface area contributed by atoms with Crippen molar-refractivity contribution in [2.75, 3.05) is 13.1 Å². The lowest BCUT2D eigenvalue weighted by Gasteiger charge is -2.38. The fraction of sp³-hybridized carbons (Fsp3) is 0.621. The summed E-state index contributed by atoms with van der Waals surface area (Å²) in [6, 6.07) is 8.54. The van der Waals surface area contributed by atoms with Gasteiger partial charge in [-0.3, -0.25) is 9.69 Å². The first-order valence-electron chi connectivity index (χ1n) is 13.5. The quantitative estimate of drug-likeness (QED) is 0.397. The molecule has 4 rings (SSSR count). The van der Waals surface area contributed by atoms with E-state index >= 15 is 0 Å². The second-order valence-corrected chi connectivity index (χ2v) is 10.6. The summed E-state index contributed by atoms with van der Waals surface area (Å²) in [5.74, 6) is -0.160. The Morgan fingerprint density at radius 2 is 1.81 bits per heavy atom. The van der Waals surface area contributed by atoms with Gasteiger partial charge in [0.05, 0.1) is 6.10 Å². The highest BCUT2D eigenvalue weighted by Gasteiger charge is 2.38. The number of carboxylic acid groups (broad SMARTS) is 1. The minimum absolute atomic E-state index is 0.0547.